The lowest BCUT2D eigenvalue weighted by molar-refractivity contribution is 0.0667. The van der Waals surface area contributed by atoms with Crippen LogP contribution in [0, 0.1) is 0 Å². The van der Waals surface area contributed by atoms with Gasteiger partial charge in [-0.15, -0.1) is 0 Å². The zero-order valence-corrected chi connectivity index (χ0v) is 18.2. The number of hydrogen-bond acceptors (Lipinski definition) is 7. The van der Waals surface area contributed by atoms with Crippen LogP contribution in [0.1, 0.15) is 23.0 Å². The SMILES string of the molecule is CCS(=O)(=O)N1CCN(C(=O)c2oc3ccccc3c2CSc2ncccn2)CC1. The summed E-state index contributed by atoms with van der Waals surface area (Å²) < 4.78 is 31.5. The number of para-hydroxylation sites is 1. The lowest BCUT2D eigenvalue weighted by Crippen LogP contribution is -2.50. The van der Waals surface area contributed by atoms with Gasteiger partial charge in [-0.2, -0.15) is 4.31 Å². The Hall–Kier alpha value is -2.43. The van der Waals surface area contributed by atoms with Crippen LogP contribution in [0.2, 0.25) is 0 Å². The van der Waals surface area contributed by atoms with Gasteiger partial charge in [-0.05, 0) is 19.1 Å². The number of amides is 1. The van der Waals surface area contributed by atoms with E-state index in [0.717, 1.165) is 10.9 Å². The van der Waals surface area contributed by atoms with Crippen LogP contribution in [-0.4, -0.2) is 65.4 Å². The molecule has 10 heteroatoms. The summed E-state index contributed by atoms with van der Waals surface area (Å²) >= 11 is 1.44. The van der Waals surface area contributed by atoms with Gasteiger partial charge in [-0.1, -0.05) is 30.0 Å². The summed E-state index contributed by atoms with van der Waals surface area (Å²) in [4.78, 5) is 23.4. The van der Waals surface area contributed by atoms with Crippen molar-refractivity contribution in [1.29, 1.82) is 0 Å². The molecule has 0 radical (unpaired) electrons. The number of piperazine rings is 1. The molecule has 158 valence electrons. The fraction of sp³-hybridized carbons (Fsp3) is 0.350. The van der Waals surface area contributed by atoms with Gasteiger partial charge in [-0.25, -0.2) is 18.4 Å². The fourth-order valence-electron chi connectivity index (χ4n) is 3.41. The van der Waals surface area contributed by atoms with E-state index in [-0.39, 0.29) is 11.7 Å². The maximum Gasteiger partial charge on any atom is 0.290 e. The molecule has 1 amide bonds. The van der Waals surface area contributed by atoms with E-state index in [4.69, 9.17) is 4.42 Å². The predicted molar refractivity (Wildman–Crippen MR) is 115 cm³/mol. The number of benzene rings is 1. The van der Waals surface area contributed by atoms with Crippen LogP contribution < -0.4 is 0 Å². The first-order valence-corrected chi connectivity index (χ1v) is 12.3. The average Bonchev–Trinajstić information content (AvgIpc) is 3.16. The maximum atomic E-state index is 13.3. The lowest BCUT2D eigenvalue weighted by atomic mass is 10.1. The van der Waals surface area contributed by atoms with Crippen LogP contribution in [0.5, 0.6) is 0 Å². The van der Waals surface area contributed by atoms with Crippen molar-refractivity contribution in [2.75, 3.05) is 31.9 Å². The summed E-state index contributed by atoms with van der Waals surface area (Å²) in [5, 5.41) is 1.51. The summed E-state index contributed by atoms with van der Waals surface area (Å²) in [5.74, 6) is 0.635. The molecule has 0 aliphatic carbocycles. The smallest absolute Gasteiger partial charge is 0.290 e. The Morgan fingerprint density at radius 1 is 1.10 bits per heavy atom. The molecule has 1 saturated heterocycles. The number of rotatable bonds is 6. The normalized spacial score (nSPS) is 15.6. The van der Waals surface area contributed by atoms with E-state index < -0.39 is 10.0 Å². The van der Waals surface area contributed by atoms with Gasteiger partial charge >= 0.3 is 0 Å². The second-order valence-electron chi connectivity index (χ2n) is 6.82. The van der Waals surface area contributed by atoms with E-state index in [9.17, 15) is 13.2 Å². The number of fused-ring (bicyclic) bond motifs is 1. The number of nitrogens with zero attached hydrogens (tertiary/aromatic N) is 4. The molecule has 1 aliphatic heterocycles. The summed E-state index contributed by atoms with van der Waals surface area (Å²) in [5.41, 5.74) is 1.45. The number of aromatic nitrogens is 2. The lowest BCUT2D eigenvalue weighted by Gasteiger charge is -2.33. The molecule has 0 spiro atoms. The van der Waals surface area contributed by atoms with Gasteiger partial charge in [0.1, 0.15) is 5.58 Å². The van der Waals surface area contributed by atoms with Gasteiger partial charge in [-0.3, -0.25) is 4.79 Å². The molecule has 0 unspecified atom stereocenters. The maximum absolute atomic E-state index is 13.3. The minimum absolute atomic E-state index is 0.0629. The van der Waals surface area contributed by atoms with E-state index in [1.54, 1.807) is 30.3 Å². The first-order valence-electron chi connectivity index (χ1n) is 9.67. The van der Waals surface area contributed by atoms with Gasteiger partial charge in [0, 0.05) is 55.3 Å². The second-order valence-corrected chi connectivity index (χ2v) is 10.0. The van der Waals surface area contributed by atoms with Gasteiger partial charge < -0.3 is 9.32 Å². The van der Waals surface area contributed by atoms with Crippen molar-refractivity contribution in [3.05, 3.63) is 54.0 Å². The van der Waals surface area contributed by atoms with Gasteiger partial charge in [0.05, 0.1) is 5.75 Å². The van der Waals surface area contributed by atoms with Crippen LogP contribution >= 0.6 is 11.8 Å². The molecule has 1 aromatic carbocycles. The van der Waals surface area contributed by atoms with E-state index in [2.05, 4.69) is 9.97 Å². The zero-order chi connectivity index (χ0) is 21.1. The van der Waals surface area contributed by atoms with Crippen LogP contribution in [-0.2, 0) is 15.8 Å². The summed E-state index contributed by atoms with van der Waals surface area (Å²) in [6.45, 7) is 2.89. The van der Waals surface area contributed by atoms with Gasteiger partial charge in [0.15, 0.2) is 10.9 Å². The topological polar surface area (TPSA) is 96.6 Å². The molecule has 0 bridgehead atoms. The Kier molecular flexibility index (Phi) is 6.07. The van der Waals surface area contributed by atoms with E-state index in [1.807, 2.05) is 24.3 Å². The molecular weight excluding hydrogens is 424 g/mol. The summed E-state index contributed by atoms with van der Waals surface area (Å²) in [7, 11) is -3.25. The Morgan fingerprint density at radius 2 is 1.80 bits per heavy atom. The Labute approximate surface area is 179 Å². The van der Waals surface area contributed by atoms with E-state index in [0.29, 0.717) is 48.4 Å². The van der Waals surface area contributed by atoms with Crippen LogP contribution in [0.3, 0.4) is 0 Å². The van der Waals surface area contributed by atoms with Crippen molar-refractivity contribution < 1.29 is 17.6 Å². The highest BCUT2D eigenvalue weighted by Gasteiger charge is 2.31. The highest BCUT2D eigenvalue weighted by atomic mass is 32.2. The molecule has 4 rings (SSSR count). The second kappa shape index (κ2) is 8.75. The average molecular weight is 447 g/mol. The standard InChI is InChI=1S/C20H22N4O4S2/c1-2-30(26,27)24-12-10-23(11-13-24)19(25)18-16(14-29-20-21-8-5-9-22-20)15-6-3-4-7-17(15)28-18/h3-9H,2,10-14H2,1H3. The van der Waals surface area contributed by atoms with E-state index in [1.165, 1.54) is 16.1 Å². The van der Waals surface area contributed by atoms with Crippen LogP contribution in [0.25, 0.3) is 11.0 Å². The van der Waals surface area contributed by atoms with Gasteiger partial charge in [0.2, 0.25) is 10.0 Å². The fourth-order valence-corrected chi connectivity index (χ4v) is 5.32. The molecule has 3 aromatic rings. The first kappa shape index (κ1) is 20.8. The minimum atomic E-state index is -3.25. The Balaban J connectivity index is 1.57. The highest BCUT2D eigenvalue weighted by molar-refractivity contribution is 7.98. The summed E-state index contributed by atoms with van der Waals surface area (Å²) in [6, 6.07) is 9.30. The number of thioether (sulfide) groups is 1. The number of carbonyl (C=O) groups excluding carboxylic acids is 1. The third-order valence-electron chi connectivity index (χ3n) is 5.06. The largest absolute Gasteiger partial charge is 0.451 e. The van der Waals surface area contributed by atoms with Crippen molar-refractivity contribution in [2.45, 2.75) is 17.8 Å². The predicted octanol–water partition coefficient (Wildman–Crippen LogP) is 2.62. The van der Waals surface area contributed by atoms with Crippen molar-refractivity contribution in [3.8, 4) is 0 Å². The third kappa shape index (κ3) is 4.21. The first-order chi connectivity index (χ1) is 14.5. The molecule has 0 N–H and O–H groups in total. The molecular formula is C20H22N4O4S2. The zero-order valence-electron chi connectivity index (χ0n) is 16.5. The Bertz CT molecular complexity index is 1140. The van der Waals surface area contributed by atoms with Crippen molar-refractivity contribution in [1.82, 2.24) is 19.2 Å². The number of sulfonamides is 1. The molecule has 1 fully saturated rings. The highest BCUT2D eigenvalue weighted by Crippen LogP contribution is 2.32. The minimum Gasteiger partial charge on any atom is -0.451 e. The quantitative estimate of drug-likeness (QED) is 0.424. The monoisotopic (exact) mass is 446 g/mol. The Morgan fingerprint density at radius 3 is 2.50 bits per heavy atom. The van der Waals surface area contributed by atoms with Crippen LogP contribution in [0.15, 0.2) is 52.3 Å². The molecule has 0 atom stereocenters. The molecule has 1 aliphatic rings. The van der Waals surface area contributed by atoms with Gasteiger partial charge in [0.25, 0.3) is 5.91 Å². The molecule has 30 heavy (non-hydrogen) atoms. The number of hydrogen-bond donors (Lipinski definition) is 0. The van der Waals surface area contributed by atoms with Crippen molar-refractivity contribution in [2.24, 2.45) is 0 Å². The summed E-state index contributed by atoms with van der Waals surface area (Å²) in [6.07, 6.45) is 3.36. The molecule has 2 aromatic heterocycles. The van der Waals surface area contributed by atoms with E-state index >= 15 is 0 Å². The number of carbonyl (C=O) groups is 1. The molecule has 0 saturated carbocycles. The van der Waals surface area contributed by atoms with Crippen LogP contribution in [0.4, 0.5) is 0 Å². The molecule has 3 heterocycles. The number of furan rings is 1. The van der Waals surface area contributed by atoms with Crippen molar-refractivity contribution in [3.63, 3.8) is 0 Å². The molecule has 8 nitrogen and oxygen atoms in total. The van der Waals surface area contributed by atoms with Crippen molar-refractivity contribution >= 4 is 38.7 Å². The third-order valence-corrected chi connectivity index (χ3v) is 7.85.